The minimum atomic E-state index is 0.00374. The predicted octanol–water partition coefficient (Wildman–Crippen LogP) is 9.19. The van der Waals surface area contributed by atoms with E-state index in [9.17, 15) is 0 Å². The predicted molar refractivity (Wildman–Crippen MR) is 165 cm³/mol. The first kappa shape index (κ1) is 25.4. The molecule has 0 saturated heterocycles. The maximum absolute atomic E-state index is 15.1. The van der Waals surface area contributed by atoms with Crippen molar-refractivity contribution in [3.63, 3.8) is 0 Å². The van der Waals surface area contributed by atoms with Gasteiger partial charge in [0.1, 0.15) is 11.5 Å². The highest BCUT2D eigenvalue weighted by Gasteiger charge is 2.25. The number of carbonyl (C=O) groups is 1. The van der Waals surface area contributed by atoms with Gasteiger partial charge in [-0.3, -0.25) is 4.79 Å². The van der Waals surface area contributed by atoms with Crippen LogP contribution in [0.15, 0.2) is 109 Å². The number of fused-ring (bicyclic) bond motifs is 2. The van der Waals surface area contributed by atoms with Gasteiger partial charge in [0, 0.05) is 11.1 Å². The quantitative estimate of drug-likeness (QED) is 0.205. The van der Waals surface area contributed by atoms with E-state index >= 15 is 4.79 Å². The number of methoxy groups -OCH3 is 2. The molecule has 0 amide bonds. The van der Waals surface area contributed by atoms with Gasteiger partial charge in [0.15, 0.2) is 5.78 Å². The molecule has 0 unspecified atom stereocenters. The molecule has 6 aromatic carbocycles. The van der Waals surface area contributed by atoms with Crippen molar-refractivity contribution in [2.75, 3.05) is 14.2 Å². The molecule has 6 aromatic rings. The van der Waals surface area contributed by atoms with E-state index in [1.165, 1.54) is 0 Å². The summed E-state index contributed by atoms with van der Waals surface area (Å²) < 4.78 is 10.8. The number of rotatable bonds is 6. The van der Waals surface area contributed by atoms with Gasteiger partial charge in [0.2, 0.25) is 0 Å². The molecular formula is C37H30O3. The minimum Gasteiger partial charge on any atom is -0.497 e. The van der Waals surface area contributed by atoms with Crippen LogP contribution in [-0.4, -0.2) is 20.0 Å². The molecule has 0 aliphatic rings. The molecule has 0 spiro atoms. The van der Waals surface area contributed by atoms with Gasteiger partial charge >= 0.3 is 0 Å². The van der Waals surface area contributed by atoms with Crippen LogP contribution in [0.2, 0.25) is 0 Å². The molecule has 196 valence electrons. The summed E-state index contributed by atoms with van der Waals surface area (Å²) in [6.45, 7) is 4.21. The molecule has 0 aliphatic carbocycles. The molecule has 0 saturated carbocycles. The highest BCUT2D eigenvalue weighted by molar-refractivity contribution is 6.27. The third kappa shape index (κ3) is 4.30. The van der Waals surface area contributed by atoms with Crippen molar-refractivity contribution in [2.24, 2.45) is 0 Å². The lowest BCUT2D eigenvalue weighted by molar-refractivity contribution is 0.104. The lowest BCUT2D eigenvalue weighted by atomic mass is 9.83. The fraction of sp³-hybridized carbons (Fsp3) is 0.108. The number of hydrogen-bond donors (Lipinski definition) is 0. The van der Waals surface area contributed by atoms with Crippen LogP contribution in [0.1, 0.15) is 27.0 Å². The van der Waals surface area contributed by atoms with Crippen molar-refractivity contribution in [1.82, 2.24) is 0 Å². The Hall–Kier alpha value is -4.89. The van der Waals surface area contributed by atoms with E-state index in [0.717, 1.165) is 66.4 Å². The number of aryl methyl sites for hydroxylation is 2. The van der Waals surface area contributed by atoms with Gasteiger partial charge in [-0.2, -0.15) is 0 Å². The van der Waals surface area contributed by atoms with Crippen molar-refractivity contribution in [2.45, 2.75) is 13.8 Å². The summed E-state index contributed by atoms with van der Waals surface area (Å²) in [5.41, 5.74) is 7.43. The van der Waals surface area contributed by atoms with Crippen LogP contribution >= 0.6 is 0 Å². The van der Waals surface area contributed by atoms with Gasteiger partial charge in [-0.05, 0) is 93.0 Å². The van der Waals surface area contributed by atoms with E-state index < -0.39 is 0 Å². The Balaban J connectivity index is 1.69. The summed E-state index contributed by atoms with van der Waals surface area (Å²) in [5.74, 6) is 1.56. The second-order valence-corrected chi connectivity index (χ2v) is 10.1. The molecule has 0 aliphatic heterocycles. The Morgan fingerprint density at radius 1 is 0.500 bits per heavy atom. The van der Waals surface area contributed by atoms with Gasteiger partial charge in [-0.15, -0.1) is 0 Å². The molecule has 40 heavy (non-hydrogen) atoms. The molecule has 3 nitrogen and oxygen atoms in total. The Morgan fingerprint density at radius 2 is 0.850 bits per heavy atom. The van der Waals surface area contributed by atoms with Gasteiger partial charge in [0.05, 0.1) is 14.2 Å². The Morgan fingerprint density at radius 3 is 1.20 bits per heavy atom. The number of ether oxygens (including phenoxy) is 2. The lowest BCUT2D eigenvalue weighted by Gasteiger charge is -2.19. The molecule has 0 aromatic heterocycles. The molecule has 0 N–H and O–H groups in total. The average molecular weight is 523 g/mol. The molecule has 0 bridgehead atoms. The normalized spacial score (nSPS) is 11.1. The summed E-state index contributed by atoms with van der Waals surface area (Å²) in [4.78, 5) is 15.1. The summed E-state index contributed by atoms with van der Waals surface area (Å²) in [7, 11) is 3.32. The Bertz CT molecular complexity index is 1740. The van der Waals surface area contributed by atoms with E-state index in [1.54, 1.807) is 14.2 Å². The van der Waals surface area contributed by atoms with Crippen LogP contribution in [0.5, 0.6) is 11.5 Å². The highest BCUT2D eigenvalue weighted by Crippen LogP contribution is 2.40. The van der Waals surface area contributed by atoms with E-state index in [0.29, 0.717) is 11.1 Å². The second-order valence-electron chi connectivity index (χ2n) is 10.1. The van der Waals surface area contributed by atoms with Crippen molar-refractivity contribution >= 4 is 27.3 Å². The number of carbonyl (C=O) groups excluding carboxylic acids is 1. The first-order valence-electron chi connectivity index (χ1n) is 13.4. The van der Waals surface area contributed by atoms with Crippen molar-refractivity contribution in [3.05, 3.63) is 131 Å². The van der Waals surface area contributed by atoms with E-state index in [2.05, 4.69) is 50.2 Å². The Kier molecular flexibility index (Phi) is 6.57. The number of ketones is 1. The molecular weight excluding hydrogens is 492 g/mol. The first-order chi connectivity index (χ1) is 19.5. The minimum absolute atomic E-state index is 0.00374. The van der Waals surface area contributed by atoms with Crippen LogP contribution in [0.4, 0.5) is 0 Å². The largest absolute Gasteiger partial charge is 0.497 e. The topological polar surface area (TPSA) is 35.5 Å². The van der Waals surface area contributed by atoms with Gasteiger partial charge < -0.3 is 9.47 Å². The average Bonchev–Trinajstić information content (AvgIpc) is 3.01. The Labute approximate surface area is 234 Å². The standard InChI is InChI=1S/C37H30O3/c1-23-21-33(25-13-17-27(39-3)18-14-25)35(31-11-7-5-9-29(23)31)37(38)36-32-12-8-6-10-30(32)24(2)22-34(36)26-15-19-28(40-4)20-16-26/h5-22H,1-4H3. The van der Waals surface area contributed by atoms with Gasteiger partial charge in [-0.1, -0.05) is 84.9 Å². The first-order valence-corrected chi connectivity index (χ1v) is 13.4. The lowest BCUT2D eigenvalue weighted by Crippen LogP contribution is -2.09. The van der Waals surface area contributed by atoms with Crippen molar-refractivity contribution in [3.8, 4) is 33.8 Å². The van der Waals surface area contributed by atoms with Crippen LogP contribution < -0.4 is 9.47 Å². The van der Waals surface area contributed by atoms with Crippen molar-refractivity contribution < 1.29 is 14.3 Å². The zero-order valence-corrected chi connectivity index (χ0v) is 23.1. The van der Waals surface area contributed by atoms with E-state index in [1.807, 2.05) is 72.8 Å². The molecule has 6 rings (SSSR count). The zero-order chi connectivity index (χ0) is 27.8. The van der Waals surface area contributed by atoms with Crippen LogP contribution in [-0.2, 0) is 0 Å². The monoisotopic (exact) mass is 522 g/mol. The maximum Gasteiger partial charge on any atom is 0.195 e. The van der Waals surface area contributed by atoms with Gasteiger partial charge in [0.25, 0.3) is 0 Å². The summed E-state index contributed by atoms with van der Waals surface area (Å²) in [6, 6.07) is 36.5. The maximum atomic E-state index is 15.1. The number of hydrogen-bond acceptors (Lipinski definition) is 3. The SMILES string of the molecule is COc1ccc(-c2cc(C)c3ccccc3c2C(=O)c2c(-c3ccc(OC)cc3)cc(C)c3ccccc23)cc1. The number of benzene rings is 6. The fourth-order valence-corrected chi connectivity index (χ4v) is 5.72. The summed E-state index contributed by atoms with van der Waals surface area (Å²) in [6.07, 6.45) is 0. The van der Waals surface area contributed by atoms with Crippen LogP contribution in [0, 0.1) is 13.8 Å². The molecule has 0 atom stereocenters. The molecule has 0 radical (unpaired) electrons. The zero-order valence-electron chi connectivity index (χ0n) is 23.1. The van der Waals surface area contributed by atoms with Crippen molar-refractivity contribution in [1.29, 1.82) is 0 Å². The summed E-state index contributed by atoms with van der Waals surface area (Å²) >= 11 is 0. The highest BCUT2D eigenvalue weighted by atomic mass is 16.5. The third-order valence-corrected chi connectivity index (χ3v) is 7.76. The molecule has 0 fully saturated rings. The van der Waals surface area contributed by atoms with E-state index in [4.69, 9.17) is 9.47 Å². The molecule has 3 heteroatoms. The van der Waals surface area contributed by atoms with E-state index in [-0.39, 0.29) is 5.78 Å². The van der Waals surface area contributed by atoms with Gasteiger partial charge in [-0.25, -0.2) is 0 Å². The van der Waals surface area contributed by atoms with Crippen LogP contribution in [0.3, 0.4) is 0 Å². The fourth-order valence-electron chi connectivity index (χ4n) is 5.72. The summed E-state index contributed by atoms with van der Waals surface area (Å²) in [5, 5.41) is 4.04. The smallest absolute Gasteiger partial charge is 0.195 e. The second kappa shape index (κ2) is 10.3. The molecule has 0 heterocycles. The third-order valence-electron chi connectivity index (χ3n) is 7.76. The van der Waals surface area contributed by atoms with Crippen LogP contribution in [0.25, 0.3) is 43.8 Å².